The van der Waals surface area contributed by atoms with Crippen molar-refractivity contribution in [1.29, 1.82) is 0 Å². The first-order chi connectivity index (χ1) is 10.4. The van der Waals surface area contributed by atoms with Gasteiger partial charge in [0.15, 0.2) is 0 Å². The van der Waals surface area contributed by atoms with Crippen molar-refractivity contribution < 1.29 is 0 Å². The van der Waals surface area contributed by atoms with Gasteiger partial charge < -0.3 is 0 Å². The van der Waals surface area contributed by atoms with E-state index in [0.29, 0.717) is 0 Å². The fraction of sp³-hybridized carbons (Fsp3) is 0.429. The van der Waals surface area contributed by atoms with Crippen molar-refractivity contribution in [2.45, 2.75) is 58.3 Å². The van der Waals surface area contributed by atoms with Gasteiger partial charge in [-0.1, -0.05) is 30.3 Å². The van der Waals surface area contributed by atoms with E-state index in [0.717, 1.165) is 0 Å². The molecule has 0 fully saturated rings. The van der Waals surface area contributed by atoms with Gasteiger partial charge in [0.2, 0.25) is 0 Å². The van der Waals surface area contributed by atoms with Crippen LogP contribution in [-0.4, -0.2) is 0 Å². The number of hydrogen-bond acceptors (Lipinski definition) is 0. The molecule has 2 aromatic rings. The lowest BCUT2D eigenvalue weighted by Crippen LogP contribution is -2.16. The Kier molecular flexibility index (Phi) is 3.33. The number of rotatable bonds is 1. The molecule has 108 valence electrons. The van der Waals surface area contributed by atoms with Crippen molar-refractivity contribution in [2.24, 2.45) is 0 Å². The van der Waals surface area contributed by atoms with Gasteiger partial charge in [0.05, 0.1) is 0 Å². The summed E-state index contributed by atoms with van der Waals surface area (Å²) in [6, 6.07) is 11.1. The van der Waals surface area contributed by atoms with Crippen molar-refractivity contribution in [3.8, 4) is 11.1 Å². The van der Waals surface area contributed by atoms with Crippen LogP contribution in [0.1, 0.15) is 53.5 Å². The van der Waals surface area contributed by atoms with Crippen LogP contribution in [0.15, 0.2) is 30.3 Å². The van der Waals surface area contributed by atoms with Crippen LogP contribution < -0.4 is 0 Å². The van der Waals surface area contributed by atoms with Gasteiger partial charge in [-0.05, 0) is 97.2 Å². The molecule has 0 heteroatoms. The summed E-state index contributed by atoms with van der Waals surface area (Å²) in [5, 5.41) is 0. The molecule has 2 aromatic carbocycles. The summed E-state index contributed by atoms with van der Waals surface area (Å²) in [7, 11) is 0. The topological polar surface area (TPSA) is 0 Å². The van der Waals surface area contributed by atoms with E-state index in [1.807, 2.05) is 0 Å². The predicted molar refractivity (Wildman–Crippen MR) is 89.9 cm³/mol. The third-order valence-corrected chi connectivity index (χ3v) is 5.49. The molecule has 0 unspecified atom stereocenters. The minimum absolute atomic E-state index is 1.29. The van der Waals surface area contributed by atoms with E-state index in [9.17, 15) is 0 Å². The van der Waals surface area contributed by atoms with Gasteiger partial charge in [-0.25, -0.2) is 0 Å². The lowest BCUT2D eigenvalue weighted by molar-refractivity contribution is 0.639. The van der Waals surface area contributed by atoms with Crippen LogP contribution in [0.2, 0.25) is 0 Å². The average Bonchev–Trinajstić information content (AvgIpc) is 2.56. The van der Waals surface area contributed by atoms with E-state index in [1.165, 1.54) is 56.9 Å². The van der Waals surface area contributed by atoms with Gasteiger partial charge >= 0.3 is 0 Å². The zero-order valence-electron chi connectivity index (χ0n) is 13.0. The van der Waals surface area contributed by atoms with Crippen molar-refractivity contribution >= 4 is 0 Å². The first kappa shape index (κ1) is 13.1. The third kappa shape index (κ3) is 2.12. The quantitative estimate of drug-likeness (QED) is 0.652. The average molecular weight is 276 g/mol. The molecule has 0 aliphatic heterocycles. The molecule has 0 heterocycles. The first-order valence-corrected chi connectivity index (χ1v) is 8.57. The van der Waals surface area contributed by atoms with Gasteiger partial charge in [-0.2, -0.15) is 0 Å². The Morgan fingerprint density at radius 2 is 1.14 bits per heavy atom. The lowest BCUT2D eigenvalue weighted by atomic mass is 9.74. The minimum atomic E-state index is 1.29. The summed E-state index contributed by atoms with van der Waals surface area (Å²) in [6.45, 7) is 2.38. The monoisotopic (exact) mass is 276 g/mol. The first-order valence-electron chi connectivity index (χ1n) is 8.57. The maximum atomic E-state index is 2.38. The molecule has 0 saturated heterocycles. The Labute approximate surface area is 128 Å². The maximum absolute atomic E-state index is 2.38. The number of hydrogen-bond donors (Lipinski definition) is 0. The molecule has 0 amide bonds. The molecule has 0 radical (unpaired) electrons. The molecular formula is C21H24. The second kappa shape index (κ2) is 5.33. The summed E-state index contributed by atoms with van der Waals surface area (Å²) in [4.78, 5) is 0. The second-order valence-electron chi connectivity index (χ2n) is 6.69. The molecule has 0 aromatic heterocycles. The Morgan fingerprint density at radius 3 is 1.81 bits per heavy atom. The highest BCUT2D eigenvalue weighted by atomic mass is 14.3. The van der Waals surface area contributed by atoms with E-state index in [2.05, 4.69) is 37.3 Å². The van der Waals surface area contributed by atoms with E-state index < -0.39 is 0 Å². The van der Waals surface area contributed by atoms with Gasteiger partial charge in [0.25, 0.3) is 0 Å². The molecule has 0 bridgehead atoms. The van der Waals surface area contributed by atoms with Crippen molar-refractivity contribution in [2.75, 3.05) is 0 Å². The van der Waals surface area contributed by atoms with E-state index in [1.54, 1.807) is 33.4 Å². The summed E-state index contributed by atoms with van der Waals surface area (Å²) in [5.74, 6) is 0. The van der Waals surface area contributed by atoms with Crippen molar-refractivity contribution in [1.82, 2.24) is 0 Å². The lowest BCUT2D eigenvalue weighted by Gasteiger charge is -2.30. The minimum Gasteiger partial charge on any atom is -0.0622 e. The van der Waals surface area contributed by atoms with Crippen LogP contribution in [0, 0.1) is 6.92 Å². The summed E-state index contributed by atoms with van der Waals surface area (Å²) >= 11 is 0. The van der Waals surface area contributed by atoms with E-state index >= 15 is 0 Å². The Hall–Kier alpha value is -1.56. The fourth-order valence-corrected chi connectivity index (χ4v) is 4.54. The Balaban J connectivity index is 2.02. The van der Waals surface area contributed by atoms with Crippen LogP contribution in [0.4, 0.5) is 0 Å². The highest BCUT2D eigenvalue weighted by molar-refractivity contribution is 5.75. The molecule has 0 atom stereocenters. The number of fused-ring (bicyclic) bond motifs is 3. The normalized spacial score (nSPS) is 17.2. The molecular weight excluding hydrogens is 252 g/mol. The summed E-state index contributed by atoms with van der Waals surface area (Å²) in [5.41, 5.74) is 11.4. The predicted octanol–water partition coefficient (Wildman–Crippen LogP) is 5.42. The molecule has 2 aliphatic carbocycles. The third-order valence-electron chi connectivity index (χ3n) is 5.49. The maximum Gasteiger partial charge on any atom is -0.0117 e. The molecule has 2 aliphatic rings. The van der Waals surface area contributed by atoms with Gasteiger partial charge in [0, 0.05) is 0 Å². The van der Waals surface area contributed by atoms with E-state index in [-0.39, 0.29) is 0 Å². The summed E-state index contributed by atoms with van der Waals surface area (Å²) in [6.07, 6.45) is 10.7. The molecule has 0 N–H and O–H groups in total. The fourth-order valence-electron chi connectivity index (χ4n) is 4.54. The van der Waals surface area contributed by atoms with E-state index in [4.69, 9.17) is 0 Å². The molecule has 0 saturated carbocycles. The molecule has 21 heavy (non-hydrogen) atoms. The van der Waals surface area contributed by atoms with Crippen LogP contribution in [0.5, 0.6) is 0 Å². The van der Waals surface area contributed by atoms with Crippen molar-refractivity contribution in [3.05, 3.63) is 58.1 Å². The standard InChI is InChI=1S/C21H24/c1-15-17-11-5-6-12-18(17)19-13-7-8-14-20(19)21(15)16-9-3-2-4-10-16/h2-4,9-10H,5-8,11-14H2,1H3. The van der Waals surface area contributed by atoms with Gasteiger partial charge in [0.1, 0.15) is 0 Å². The smallest absolute Gasteiger partial charge is 0.0117 e. The van der Waals surface area contributed by atoms with Crippen LogP contribution in [0.3, 0.4) is 0 Å². The second-order valence-corrected chi connectivity index (χ2v) is 6.69. The molecule has 0 spiro atoms. The largest absolute Gasteiger partial charge is 0.0622 e. The molecule has 4 rings (SSSR count). The van der Waals surface area contributed by atoms with Gasteiger partial charge in [-0.15, -0.1) is 0 Å². The van der Waals surface area contributed by atoms with Crippen LogP contribution in [-0.2, 0) is 25.7 Å². The zero-order chi connectivity index (χ0) is 14.2. The molecule has 0 nitrogen and oxygen atoms in total. The Bertz CT molecular complexity index is 664. The van der Waals surface area contributed by atoms with Crippen molar-refractivity contribution in [3.63, 3.8) is 0 Å². The SMILES string of the molecule is Cc1c2c(c3c(c1-c1ccccc1)CCCC3)CCCC2. The summed E-state index contributed by atoms with van der Waals surface area (Å²) < 4.78 is 0. The highest BCUT2D eigenvalue weighted by Gasteiger charge is 2.25. The van der Waals surface area contributed by atoms with Crippen LogP contribution >= 0.6 is 0 Å². The zero-order valence-corrected chi connectivity index (χ0v) is 13.0. The van der Waals surface area contributed by atoms with Crippen LogP contribution in [0.25, 0.3) is 11.1 Å². The highest BCUT2D eigenvalue weighted by Crippen LogP contribution is 2.41. The van der Waals surface area contributed by atoms with Gasteiger partial charge in [-0.3, -0.25) is 0 Å². The Morgan fingerprint density at radius 1 is 0.619 bits per heavy atom. The number of benzene rings is 2.